The third-order valence-electron chi connectivity index (χ3n) is 4.99. The summed E-state index contributed by atoms with van der Waals surface area (Å²) in [7, 11) is 1.88. The van der Waals surface area contributed by atoms with E-state index in [1.165, 1.54) is 0 Å². The predicted octanol–water partition coefficient (Wildman–Crippen LogP) is 4.83. The Morgan fingerprint density at radius 1 is 0.971 bits per heavy atom. The van der Waals surface area contributed by atoms with Crippen molar-refractivity contribution in [1.29, 1.82) is 0 Å². The van der Waals surface area contributed by atoms with Crippen molar-refractivity contribution in [2.75, 3.05) is 37.4 Å². The summed E-state index contributed by atoms with van der Waals surface area (Å²) in [6.45, 7) is 7.34. The van der Waals surface area contributed by atoms with Gasteiger partial charge in [-0.25, -0.2) is 4.98 Å². The molecular formula is C26H32N4O4S. The number of nitrogens with zero attached hydrogens (tertiary/aromatic N) is 2. The van der Waals surface area contributed by atoms with Gasteiger partial charge >= 0.3 is 0 Å². The maximum Gasteiger partial charge on any atom is 0.255 e. The second-order valence-electron chi connectivity index (χ2n) is 7.84. The minimum absolute atomic E-state index is 0.182. The molecule has 2 amide bonds. The van der Waals surface area contributed by atoms with Crippen molar-refractivity contribution in [3.63, 3.8) is 0 Å². The van der Waals surface area contributed by atoms with Crippen molar-refractivity contribution in [3.05, 3.63) is 64.1 Å². The number of anilines is 2. The normalized spacial score (nSPS) is 10.8. The van der Waals surface area contributed by atoms with Crippen LogP contribution in [0.5, 0.6) is 11.5 Å². The molecular weight excluding hydrogens is 464 g/mol. The molecule has 0 aliphatic rings. The van der Waals surface area contributed by atoms with E-state index in [9.17, 15) is 9.59 Å². The van der Waals surface area contributed by atoms with Crippen molar-refractivity contribution >= 4 is 34.5 Å². The molecule has 0 fully saturated rings. The Labute approximate surface area is 210 Å². The van der Waals surface area contributed by atoms with Gasteiger partial charge in [-0.2, -0.15) is 0 Å². The second-order valence-corrected chi connectivity index (χ2v) is 8.78. The zero-order valence-electron chi connectivity index (χ0n) is 20.6. The lowest BCUT2D eigenvalue weighted by molar-refractivity contribution is -0.117. The summed E-state index contributed by atoms with van der Waals surface area (Å²) in [6, 6.07) is 12.3. The molecule has 0 radical (unpaired) electrons. The predicted molar refractivity (Wildman–Crippen MR) is 140 cm³/mol. The van der Waals surface area contributed by atoms with Gasteiger partial charge in [-0.3, -0.25) is 14.5 Å². The smallest absolute Gasteiger partial charge is 0.255 e. The Morgan fingerprint density at radius 2 is 1.60 bits per heavy atom. The van der Waals surface area contributed by atoms with E-state index in [0.29, 0.717) is 48.2 Å². The number of hydrogen-bond acceptors (Lipinski definition) is 7. The monoisotopic (exact) mass is 496 g/mol. The third-order valence-corrected chi connectivity index (χ3v) is 6.03. The summed E-state index contributed by atoms with van der Waals surface area (Å²) in [4.78, 5) is 32.0. The average Bonchev–Trinajstić information content (AvgIpc) is 3.29. The molecule has 3 aromatic rings. The van der Waals surface area contributed by atoms with Crippen molar-refractivity contribution < 1.29 is 19.1 Å². The number of rotatable bonds is 12. The van der Waals surface area contributed by atoms with Gasteiger partial charge in [-0.15, -0.1) is 11.3 Å². The van der Waals surface area contributed by atoms with E-state index in [-0.39, 0.29) is 18.4 Å². The van der Waals surface area contributed by atoms with Crippen molar-refractivity contribution in [2.45, 2.75) is 33.7 Å². The van der Waals surface area contributed by atoms with Gasteiger partial charge in [0.25, 0.3) is 5.91 Å². The number of nitrogens with one attached hydrogen (secondary N) is 2. The van der Waals surface area contributed by atoms with Gasteiger partial charge in [-0.05, 0) is 39.4 Å². The van der Waals surface area contributed by atoms with E-state index in [1.807, 2.05) is 37.2 Å². The van der Waals surface area contributed by atoms with E-state index in [0.717, 1.165) is 17.1 Å². The molecule has 35 heavy (non-hydrogen) atoms. The highest BCUT2D eigenvalue weighted by molar-refractivity contribution is 7.09. The lowest BCUT2D eigenvalue weighted by atomic mass is 10.2. The Kier molecular flexibility index (Phi) is 9.63. The van der Waals surface area contributed by atoms with Crippen LogP contribution in [0.4, 0.5) is 11.4 Å². The fourth-order valence-corrected chi connectivity index (χ4v) is 4.18. The Bertz CT molecular complexity index is 1130. The fraction of sp³-hybridized carbons (Fsp3) is 0.346. The highest BCUT2D eigenvalue weighted by Gasteiger charge is 2.18. The number of carbonyl (C=O) groups excluding carboxylic acids is 2. The molecule has 0 aliphatic heterocycles. The van der Waals surface area contributed by atoms with Gasteiger partial charge in [0.05, 0.1) is 41.8 Å². The van der Waals surface area contributed by atoms with Gasteiger partial charge in [0, 0.05) is 29.6 Å². The molecule has 1 aromatic heterocycles. The molecule has 0 unspecified atom stereocenters. The minimum atomic E-state index is -0.263. The van der Waals surface area contributed by atoms with Crippen LogP contribution in [0.1, 0.15) is 41.8 Å². The summed E-state index contributed by atoms with van der Waals surface area (Å²) in [5, 5.41) is 8.92. The highest BCUT2D eigenvalue weighted by Crippen LogP contribution is 2.37. The molecule has 8 nitrogen and oxygen atoms in total. The van der Waals surface area contributed by atoms with Gasteiger partial charge in [0.15, 0.2) is 0 Å². The average molecular weight is 497 g/mol. The molecule has 2 N–H and O–H groups in total. The van der Waals surface area contributed by atoms with Crippen LogP contribution in [0.15, 0.2) is 47.8 Å². The zero-order chi connectivity index (χ0) is 25.2. The first-order valence-electron chi connectivity index (χ1n) is 11.6. The van der Waals surface area contributed by atoms with Crippen molar-refractivity contribution in [1.82, 2.24) is 9.88 Å². The fourth-order valence-electron chi connectivity index (χ4n) is 3.44. The first-order chi connectivity index (χ1) is 16.9. The lowest BCUT2D eigenvalue weighted by Gasteiger charge is -2.19. The summed E-state index contributed by atoms with van der Waals surface area (Å²) < 4.78 is 11.5. The molecule has 2 aromatic carbocycles. The maximum atomic E-state index is 12.8. The third kappa shape index (κ3) is 7.53. The number of aryl methyl sites for hydroxylation is 1. The maximum absolute atomic E-state index is 12.8. The number of likely N-dealkylation sites (N-methyl/N-ethyl adjacent to an activating group) is 1. The summed E-state index contributed by atoms with van der Waals surface area (Å²) in [5.74, 6) is 0.435. The van der Waals surface area contributed by atoms with Crippen LogP contribution in [0.2, 0.25) is 0 Å². The van der Waals surface area contributed by atoms with Gasteiger partial charge in [-0.1, -0.05) is 25.1 Å². The Hall–Kier alpha value is -3.43. The molecule has 0 aliphatic carbocycles. The second kappa shape index (κ2) is 12.9. The Balaban J connectivity index is 1.75. The van der Waals surface area contributed by atoms with Crippen LogP contribution in [0.25, 0.3) is 0 Å². The number of ether oxygens (including phenoxy) is 2. The van der Waals surface area contributed by atoms with Crippen LogP contribution in [0, 0.1) is 0 Å². The number of aromatic nitrogens is 1. The minimum Gasteiger partial charge on any atom is -0.492 e. The van der Waals surface area contributed by atoms with E-state index in [1.54, 1.807) is 47.7 Å². The van der Waals surface area contributed by atoms with Crippen LogP contribution >= 0.6 is 11.3 Å². The summed E-state index contributed by atoms with van der Waals surface area (Å²) in [5.41, 5.74) is 2.43. The zero-order valence-corrected chi connectivity index (χ0v) is 21.4. The van der Waals surface area contributed by atoms with Gasteiger partial charge < -0.3 is 20.1 Å². The molecule has 1 heterocycles. The largest absolute Gasteiger partial charge is 0.492 e. The molecule has 0 saturated heterocycles. The van der Waals surface area contributed by atoms with Gasteiger partial charge in [0.2, 0.25) is 5.91 Å². The number of thiazole rings is 1. The van der Waals surface area contributed by atoms with Crippen LogP contribution in [-0.2, 0) is 17.8 Å². The molecule has 0 saturated carbocycles. The van der Waals surface area contributed by atoms with Gasteiger partial charge in [0.1, 0.15) is 11.5 Å². The quantitative estimate of drug-likeness (QED) is 0.373. The number of benzene rings is 2. The molecule has 0 bridgehead atoms. The first-order valence-corrected chi connectivity index (χ1v) is 12.5. The number of carbonyl (C=O) groups is 2. The lowest BCUT2D eigenvalue weighted by Crippen LogP contribution is -2.30. The SMILES string of the molecule is CCOc1cc(NC(=O)c2ccccc2)c(OCC)cc1NC(=O)CN(C)Cc1csc(CC)n1. The van der Waals surface area contributed by atoms with E-state index in [4.69, 9.17) is 9.47 Å². The van der Waals surface area contributed by atoms with E-state index >= 15 is 0 Å². The van der Waals surface area contributed by atoms with Crippen LogP contribution < -0.4 is 20.1 Å². The topological polar surface area (TPSA) is 92.8 Å². The van der Waals surface area contributed by atoms with Crippen LogP contribution in [0.3, 0.4) is 0 Å². The summed E-state index contributed by atoms with van der Waals surface area (Å²) >= 11 is 1.63. The Morgan fingerprint density at radius 3 is 2.17 bits per heavy atom. The first kappa shape index (κ1) is 26.2. The molecule has 0 spiro atoms. The number of hydrogen-bond donors (Lipinski definition) is 2. The molecule has 0 atom stereocenters. The van der Waals surface area contributed by atoms with Crippen LogP contribution in [-0.4, -0.2) is 48.5 Å². The van der Waals surface area contributed by atoms with E-state index < -0.39 is 0 Å². The standard InChI is InChI=1S/C26H32N4O4S/c1-5-25-27-19(17-35-25)15-30(4)16-24(31)28-20-13-23(34-7-3)21(14-22(20)33-6-2)29-26(32)18-11-9-8-10-12-18/h8-14,17H,5-7,15-16H2,1-4H3,(H,28,31)(H,29,32). The highest BCUT2D eigenvalue weighted by atomic mass is 32.1. The number of amides is 2. The van der Waals surface area contributed by atoms with E-state index in [2.05, 4.69) is 22.5 Å². The van der Waals surface area contributed by atoms with Crippen molar-refractivity contribution in [2.24, 2.45) is 0 Å². The summed E-state index contributed by atoms with van der Waals surface area (Å²) in [6.07, 6.45) is 0.902. The molecule has 186 valence electrons. The molecule has 9 heteroatoms. The van der Waals surface area contributed by atoms with Crippen molar-refractivity contribution in [3.8, 4) is 11.5 Å². The molecule has 3 rings (SSSR count).